The van der Waals surface area contributed by atoms with E-state index in [4.69, 9.17) is 0 Å². The molecule has 0 atom stereocenters. The molecule has 7 nitrogen and oxygen atoms in total. The number of hydrogen-bond donors (Lipinski definition) is 1. The van der Waals surface area contributed by atoms with Crippen LogP contribution >= 0.6 is 0 Å². The van der Waals surface area contributed by atoms with Crippen molar-refractivity contribution in [3.05, 3.63) is 40.2 Å². The average Bonchev–Trinajstić information content (AvgIpc) is 2.43. The first-order valence-corrected chi connectivity index (χ1v) is 5.87. The number of ether oxygens (including phenoxy) is 1. The summed E-state index contributed by atoms with van der Waals surface area (Å²) >= 11 is 0. The van der Waals surface area contributed by atoms with Gasteiger partial charge in [0.2, 0.25) is 0 Å². The Morgan fingerprint density at radius 2 is 2.20 bits per heavy atom. The number of aryl methyl sites for hydroxylation is 1. The highest BCUT2D eigenvalue weighted by Crippen LogP contribution is 2.31. The number of fused-ring (bicyclic) bond motifs is 1. The lowest BCUT2D eigenvalue weighted by atomic mass is 10.1. The molecule has 2 rings (SSSR count). The fourth-order valence-corrected chi connectivity index (χ4v) is 1.88. The van der Waals surface area contributed by atoms with Crippen LogP contribution in [0.3, 0.4) is 0 Å². The van der Waals surface area contributed by atoms with Gasteiger partial charge in [0, 0.05) is 29.0 Å². The van der Waals surface area contributed by atoms with Crippen LogP contribution in [0.25, 0.3) is 10.8 Å². The van der Waals surface area contributed by atoms with Crippen molar-refractivity contribution in [2.75, 3.05) is 19.0 Å². The zero-order valence-corrected chi connectivity index (χ0v) is 11.0. The molecule has 0 saturated carbocycles. The van der Waals surface area contributed by atoms with Gasteiger partial charge >= 0.3 is 5.97 Å². The maximum atomic E-state index is 11.2. The molecule has 1 heterocycles. The number of nitro benzene ring substituents is 1. The molecule has 0 saturated heterocycles. The fraction of sp³-hybridized carbons (Fsp3) is 0.231. The zero-order chi connectivity index (χ0) is 14.7. The van der Waals surface area contributed by atoms with Crippen molar-refractivity contribution in [2.24, 2.45) is 0 Å². The molecular formula is C13H13N3O4. The van der Waals surface area contributed by atoms with Gasteiger partial charge in [0.05, 0.1) is 17.4 Å². The Balaban J connectivity index is 2.50. The van der Waals surface area contributed by atoms with Gasteiger partial charge in [-0.3, -0.25) is 19.9 Å². The van der Waals surface area contributed by atoms with E-state index in [1.807, 2.05) is 0 Å². The first-order chi connectivity index (χ1) is 9.52. The fourth-order valence-electron chi connectivity index (χ4n) is 1.88. The van der Waals surface area contributed by atoms with Crippen LogP contribution in [-0.4, -0.2) is 29.5 Å². The lowest BCUT2D eigenvalue weighted by Crippen LogP contribution is -2.15. The number of rotatable bonds is 4. The first kappa shape index (κ1) is 13.7. The van der Waals surface area contributed by atoms with Crippen molar-refractivity contribution in [3.8, 4) is 0 Å². The Kier molecular flexibility index (Phi) is 3.79. The van der Waals surface area contributed by atoms with E-state index in [0.717, 1.165) is 5.69 Å². The Bertz CT molecular complexity index is 685. The van der Waals surface area contributed by atoms with Crippen molar-refractivity contribution < 1.29 is 14.5 Å². The number of nitro groups is 1. The summed E-state index contributed by atoms with van der Waals surface area (Å²) in [4.78, 5) is 25.8. The third-order valence-corrected chi connectivity index (χ3v) is 2.86. The smallest absolute Gasteiger partial charge is 0.325 e. The second-order valence-electron chi connectivity index (χ2n) is 4.19. The molecule has 1 aromatic carbocycles. The third-order valence-electron chi connectivity index (χ3n) is 2.86. The molecular weight excluding hydrogens is 262 g/mol. The maximum Gasteiger partial charge on any atom is 0.325 e. The number of carbonyl (C=O) groups is 1. The number of anilines is 1. The van der Waals surface area contributed by atoms with Gasteiger partial charge in [-0.2, -0.15) is 0 Å². The molecule has 0 unspecified atom stereocenters. The second-order valence-corrected chi connectivity index (χ2v) is 4.19. The Labute approximate surface area is 114 Å². The molecule has 0 aliphatic heterocycles. The van der Waals surface area contributed by atoms with Crippen LogP contribution in [-0.2, 0) is 9.53 Å². The van der Waals surface area contributed by atoms with Crippen molar-refractivity contribution in [1.29, 1.82) is 0 Å². The molecule has 0 aliphatic rings. The number of pyridine rings is 1. The number of nitrogens with one attached hydrogen (secondary N) is 1. The van der Waals surface area contributed by atoms with Gasteiger partial charge in [0.1, 0.15) is 6.54 Å². The molecule has 0 radical (unpaired) electrons. The molecule has 104 valence electrons. The van der Waals surface area contributed by atoms with E-state index in [9.17, 15) is 14.9 Å². The third kappa shape index (κ3) is 2.66. The van der Waals surface area contributed by atoms with Crippen LogP contribution in [0.1, 0.15) is 5.69 Å². The SMILES string of the molecule is COC(=O)CNc1ccc([N+](=O)[O-])c2cnc(C)cc12. The summed E-state index contributed by atoms with van der Waals surface area (Å²) in [6.45, 7) is 1.78. The van der Waals surface area contributed by atoms with E-state index in [-0.39, 0.29) is 12.2 Å². The topological polar surface area (TPSA) is 94.4 Å². The second kappa shape index (κ2) is 5.52. The highest BCUT2D eigenvalue weighted by atomic mass is 16.6. The molecule has 0 aliphatic carbocycles. The minimum atomic E-state index is -0.455. The molecule has 0 spiro atoms. The molecule has 20 heavy (non-hydrogen) atoms. The largest absolute Gasteiger partial charge is 0.468 e. The van der Waals surface area contributed by atoms with E-state index in [0.29, 0.717) is 16.5 Å². The number of aromatic nitrogens is 1. The zero-order valence-electron chi connectivity index (χ0n) is 11.0. The summed E-state index contributed by atoms with van der Waals surface area (Å²) < 4.78 is 4.55. The number of carbonyl (C=O) groups excluding carboxylic acids is 1. The van der Waals surface area contributed by atoms with Gasteiger partial charge in [0.25, 0.3) is 5.69 Å². The van der Waals surface area contributed by atoms with Crippen molar-refractivity contribution in [1.82, 2.24) is 4.98 Å². The van der Waals surface area contributed by atoms with Crippen LogP contribution in [0.2, 0.25) is 0 Å². The quantitative estimate of drug-likeness (QED) is 0.521. The minimum Gasteiger partial charge on any atom is -0.468 e. The minimum absolute atomic E-state index is 0.00915. The van der Waals surface area contributed by atoms with Crippen molar-refractivity contribution in [2.45, 2.75) is 6.92 Å². The number of nitrogens with zero attached hydrogens (tertiary/aromatic N) is 2. The summed E-state index contributed by atoms with van der Waals surface area (Å²) in [5.74, 6) is -0.415. The van der Waals surface area contributed by atoms with Gasteiger partial charge in [0.15, 0.2) is 0 Å². The lowest BCUT2D eigenvalue weighted by Gasteiger charge is -2.09. The molecule has 7 heteroatoms. The normalized spacial score (nSPS) is 10.3. The van der Waals surface area contributed by atoms with Gasteiger partial charge < -0.3 is 10.1 Å². The summed E-state index contributed by atoms with van der Waals surface area (Å²) in [5.41, 5.74) is 1.34. The van der Waals surface area contributed by atoms with Crippen LogP contribution in [0, 0.1) is 17.0 Å². The highest BCUT2D eigenvalue weighted by molar-refractivity contribution is 6.00. The molecule has 0 bridgehead atoms. The number of benzene rings is 1. The Morgan fingerprint density at radius 1 is 1.45 bits per heavy atom. The summed E-state index contributed by atoms with van der Waals surface area (Å²) in [7, 11) is 1.30. The lowest BCUT2D eigenvalue weighted by molar-refractivity contribution is -0.383. The summed E-state index contributed by atoms with van der Waals surface area (Å²) in [6.07, 6.45) is 1.46. The standard InChI is InChI=1S/C13H13N3O4/c1-8-5-9-10(6-14-8)12(16(18)19)4-3-11(9)15-7-13(17)20-2/h3-6,15H,7H2,1-2H3. The predicted octanol–water partition coefficient (Wildman–Crippen LogP) is 2.04. The monoisotopic (exact) mass is 275 g/mol. The molecule has 0 fully saturated rings. The van der Waals surface area contributed by atoms with Crippen LogP contribution in [0.4, 0.5) is 11.4 Å². The van der Waals surface area contributed by atoms with Crippen molar-refractivity contribution in [3.63, 3.8) is 0 Å². The van der Waals surface area contributed by atoms with Gasteiger partial charge in [-0.15, -0.1) is 0 Å². The van der Waals surface area contributed by atoms with Crippen molar-refractivity contribution >= 4 is 28.1 Å². The van der Waals surface area contributed by atoms with E-state index in [1.165, 1.54) is 19.4 Å². The van der Waals surface area contributed by atoms with Crippen LogP contribution in [0.15, 0.2) is 24.4 Å². The number of esters is 1. The highest BCUT2D eigenvalue weighted by Gasteiger charge is 2.15. The van der Waals surface area contributed by atoms with Crippen LogP contribution < -0.4 is 5.32 Å². The van der Waals surface area contributed by atoms with Gasteiger partial charge in [-0.05, 0) is 19.1 Å². The number of methoxy groups -OCH3 is 1. The predicted molar refractivity (Wildman–Crippen MR) is 73.6 cm³/mol. The Morgan fingerprint density at radius 3 is 2.85 bits per heavy atom. The van der Waals surface area contributed by atoms with E-state index in [2.05, 4.69) is 15.0 Å². The molecule has 2 aromatic rings. The number of hydrogen-bond acceptors (Lipinski definition) is 6. The summed E-state index contributed by atoms with van der Waals surface area (Å²) in [5, 5.41) is 15.0. The maximum absolute atomic E-state index is 11.2. The van der Waals surface area contributed by atoms with Gasteiger partial charge in [-0.25, -0.2) is 0 Å². The molecule has 0 amide bonds. The Hall–Kier alpha value is -2.70. The first-order valence-electron chi connectivity index (χ1n) is 5.87. The van der Waals surface area contributed by atoms with E-state index < -0.39 is 10.9 Å². The summed E-state index contributed by atoms with van der Waals surface area (Å²) in [6, 6.07) is 4.70. The molecule has 1 N–H and O–H groups in total. The van der Waals surface area contributed by atoms with E-state index >= 15 is 0 Å². The van der Waals surface area contributed by atoms with Gasteiger partial charge in [-0.1, -0.05) is 0 Å². The van der Waals surface area contributed by atoms with Crippen LogP contribution in [0.5, 0.6) is 0 Å². The number of non-ortho nitro benzene ring substituents is 1. The average molecular weight is 275 g/mol. The molecule has 1 aromatic heterocycles. The van der Waals surface area contributed by atoms with E-state index in [1.54, 1.807) is 19.1 Å².